The molecule has 26 heavy (non-hydrogen) atoms. The summed E-state index contributed by atoms with van der Waals surface area (Å²) in [6, 6.07) is 8.24. The highest BCUT2D eigenvalue weighted by Gasteiger charge is 2.21. The number of hydrogen-bond acceptors (Lipinski definition) is 5. The van der Waals surface area contributed by atoms with Crippen molar-refractivity contribution < 1.29 is 9.72 Å². The Morgan fingerprint density at radius 3 is 2.81 bits per heavy atom. The maximum absolute atomic E-state index is 12.4. The second-order valence-corrected chi connectivity index (χ2v) is 7.00. The fourth-order valence-corrected chi connectivity index (χ4v) is 3.87. The summed E-state index contributed by atoms with van der Waals surface area (Å²) >= 11 is 1.42. The summed E-state index contributed by atoms with van der Waals surface area (Å²) in [6.07, 6.45) is 3.88. The van der Waals surface area contributed by atoms with E-state index in [1.807, 2.05) is 16.3 Å². The number of amides is 1. The predicted molar refractivity (Wildman–Crippen MR) is 99.1 cm³/mol. The van der Waals surface area contributed by atoms with E-state index in [-0.39, 0.29) is 11.6 Å². The molecule has 1 aromatic carbocycles. The molecular formula is C18H16N4O3S. The molecule has 7 nitrogen and oxygen atoms in total. The van der Waals surface area contributed by atoms with Gasteiger partial charge in [0.15, 0.2) is 0 Å². The number of aromatic nitrogens is 2. The molecule has 132 valence electrons. The monoisotopic (exact) mass is 368 g/mol. The van der Waals surface area contributed by atoms with Crippen LogP contribution in [0.2, 0.25) is 0 Å². The number of likely N-dealkylation sites (tertiary alicyclic amines) is 1. The van der Waals surface area contributed by atoms with E-state index >= 15 is 0 Å². The zero-order valence-corrected chi connectivity index (χ0v) is 14.7. The average molecular weight is 368 g/mol. The summed E-state index contributed by atoms with van der Waals surface area (Å²) in [4.78, 5) is 32.4. The predicted octanol–water partition coefficient (Wildman–Crippen LogP) is 3.95. The second-order valence-electron chi connectivity index (χ2n) is 6.15. The van der Waals surface area contributed by atoms with E-state index in [1.165, 1.54) is 23.5 Å². The molecule has 8 heteroatoms. The fraction of sp³-hybridized carbons (Fsp3) is 0.222. The molecule has 0 radical (unpaired) electrons. The topological polar surface area (TPSA) is 92.1 Å². The van der Waals surface area contributed by atoms with Crippen LogP contribution in [0.3, 0.4) is 0 Å². The number of rotatable bonds is 4. The summed E-state index contributed by atoms with van der Waals surface area (Å²) < 4.78 is 0. The molecule has 0 aliphatic carbocycles. The van der Waals surface area contributed by atoms with Crippen molar-refractivity contribution in [2.24, 2.45) is 0 Å². The maximum Gasteiger partial charge on any atom is 0.270 e. The van der Waals surface area contributed by atoms with E-state index in [4.69, 9.17) is 0 Å². The molecule has 1 amide bonds. The molecule has 2 aromatic heterocycles. The number of benzene rings is 1. The molecule has 0 spiro atoms. The Morgan fingerprint density at radius 1 is 1.23 bits per heavy atom. The van der Waals surface area contributed by atoms with Crippen LogP contribution in [0, 0.1) is 10.1 Å². The average Bonchev–Trinajstić information content (AvgIpc) is 3.42. The SMILES string of the molecule is O=C(c1cc(-c2csc(-c3cccc([N+](=O)[O-])c3)n2)c[nH]1)N1CCCC1. The van der Waals surface area contributed by atoms with Crippen LogP contribution in [0.25, 0.3) is 21.8 Å². The minimum absolute atomic E-state index is 0.0166. The van der Waals surface area contributed by atoms with Gasteiger partial charge in [0, 0.05) is 47.9 Å². The van der Waals surface area contributed by atoms with Crippen molar-refractivity contribution in [3.05, 3.63) is 57.7 Å². The lowest BCUT2D eigenvalue weighted by Gasteiger charge is -2.13. The zero-order valence-electron chi connectivity index (χ0n) is 13.8. The van der Waals surface area contributed by atoms with Crippen LogP contribution in [0.15, 0.2) is 41.9 Å². The lowest BCUT2D eigenvalue weighted by Crippen LogP contribution is -2.27. The summed E-state index contributed by atoms with van der Waals surface area (Å²) in [5, 5.41) is 13.5. The van der Waals surface area contributed by atoms with Gasteiger partial charge in [0.1, 0.15) is 10.7 Å². The van der Waals surface area contributed by atoms with Crippen molar-refractivity contribution in [3.63, 3.8) is 0 Å². The third-order valence-corrected chi connectivity index (χ3v) is 5.30. The van der Waals surface area contributed by atoms with Gasteiger partial charge >= 0.3 is 0 Å². The van der Waals surface area contributed by atoms with Crippen molar-refractivity contribution in [1.82, 2.24) is 14.9 Å². The standard InChI is InChI=1S/C18H16N4O3S/c23-18(21-6-1-2-7-21)15-9-13(10-19-15)16-11-26-17(20-16)12-4-3-5-14(8-12)22(24)25/h3-5,8-11,19H,1-2,6-7H2. The van der Waals surface area contributed by atoms with Gasteiger partial charge in [-0.3, -0.25) is 14.9 Å². The Hall–Kier alpha value is -3.00. The molecule has 3 aromatic rings. The highest BCUT2D eigenvalue weighted by molar-refractivity contribution is 7.13. The van der Waals surface area contributed by atoms with E-state index in [0.717, 1.165) is 37.2 Å². The highest BCUT2D eigenvalue weighted by atomic mass is 32.1. The van der Waals surface area contributed by atoms with Crippen molar-refractivity contribution in [2.45, 2.75) is 12.8 Å². The number of nitrogens with one attached hydrogen (secondary N) is 1. The Kier molecular flexibility index (Phi) is 4.26. The van der Waals surface area contributed by atoms with Crippen LogP contribution >= 0.6 is 11.3 Å². The van der Waals surface area contributed by atoms with E-state index in [0.29, 0.717) is 16.3 Å². The number of aromatic amines is 1. The molecule has 0 unspecified atom stereocenters. The van der Waals surface area contributed by atoms with Crippen LogP contribution in [-0.4, -0.2) is 38.8 Å². The van der Waals surface area contributed by atoms with E-state index in [1.54, 1.807) is 18.3 Å². The summed E-state index contributed by atoms with van der Waals surface area (Å²) in [7, 11) is 0. The molecular weight excluding hydrogens is 352 g/mol. The minimum atomic E-state index is -0.416. The summed E-state index contributed by atoms with van der Waals surface area (Å²) in [5.41, 5.74) is 2.89. The number of carbonyl (C=O) groups excluding carboxylic acids is 1. The van der Waals surface area contributed by atoms with Gasteiger partial charge in [0.2, 0.25) is 0 Å². The lowest BCUT2D eigenvalue weighted by molar-refractivity contribution is -0.384. The van der Waals surface area contributed by atoms with Crippen LogP contribution in [0.5, 0.6) is 0 Å². The molecule has 0 saturated carbocycles. The smallest absolute Gasteiger partial charge is 0.270 e. The first-order valence-corrected chi connectivity index (χ1v) is 9.18. The lowest BCUT2D eigenvalue weighted by atomic mass is 10.2. The van der Waals surface area contributed by atoms with Crippen molar-refractivity contribution in [1.29, 1.82) is 0 Å². The summed E-state index contributed by atoms with van der Waals surface area (Å²) in [6.45, 7) is 1.61. The quantitative estimate of drug-likeness (QED) is 0.557. The van der Waals surface area contributed by atoms with Gasteiger partial charge in [-0.2, -0.15) is 0 Å². The number of nitro benzene ring substituents is 1. The third kappa shape index (κ3) is 3.11. The Labute approximate surface area is 153 Å². The van der Waals surface area contributed by atoms with Gasteiger partial charge in [-0.15, -0.1) is 11.3 Å². The first-order chi connectivity index (χ1) is 12.6. The molecule has 1 fully saturated rings. The minimum Gasteiger partial charge on any atom is -0.357 e. The number of non-ortho nitro benzene ring substituents is 1. The fourth-order valence-electron chi connectivity index (χ4n) is 3.05. The molecule has 1 aliphatic rings. The van der Waals surface area contributed by atoms with Gasteiger partial charge in [0.25, 0.3) is 11.6 Å². The number of carbonyl (C=O) groups is 1. The van der Waals surface area contributed by atoms with Gasteiger partial charge in [-0.25, -0.2) is 4.98 Å². The van der Waals surface area contributed by atoms with Crippen molar-refractivity contribution in [3.8, 4) is 21.8 Å². The first kappa shape index (κ1) is 16.5. The number of nitrogens with zero attached hydrogens (tertiary/aromatic N) is 3. The maximum atomic E-state index is 12.4. The molecule has 1 aliphatic heterocycles. The van der Waals surface area contributed by atoms with E-state index in [2.05, 4.69) is 9.97 Å². The van der Waals surface area contributed by atoms with Crippen molar-refractivity contribution in [2.75, 3.05) is 13.1 Å². The van der Waals surface area contributed by atoms with E-state index < -0.39 is 4.92 Å². The van der Waals surface area contributed by atoms with Crippen LogP contribution in [-0.2, 0) is 0 Å². The van der Waals surface area contributed by atoms with E-state index in [9.17, 15) is 14.9 Å². The molecule has 0 atom stereocenters. The zero-order chi connectivity index (χ0) is 18.1. The molecule has 1 saturated heterocycles. The normalized spacial score (nSPS) is 13.9. The Morgan fingerprint density at radius 2 is 2.04 bits per heavy atom. The van der Waals surface area contributed by atoms with Crippen LogP contribution in [0.1, 0.15) is 23.3 Å². The molecule has 3 heterocycles. The van der Waals surface area contributed by atoms with Gasteiger partial charge in [-0.1, -0.05) is 12.1 Å². The third-order valence-electron chi connectivity index (χ3n) is 4.41. The van der Waals surface area contributed by atoms with Crippen LogP contribution in [0.4, 0.5) is 5.69 Å². The number of hydrogen-bond donors (Lipinski definition) is 1. The van der Waals surface area contributed by atoms with Gasteiger partial charge < -0.3 is 9.88 Å². The first-order valence-electron chi connectivity index (χ1n) is 8.30. The van der Waals surface area contributed by atoms with Gasteiger partial charge in [0.05, 0.1) is 10.6 Å². The van der Waals surface area contributed by atoms with Crippen molar-refractivity contribution >= 4 is 22.9 Å². The Bertz CT molecular complexity index is 972. The second kappa shape index (κ2) is 6.72. The molecule has 0 bridgehead atoms. The summed E-state index contributed by atoms with van der Waals surface area (Å²) in [5.74, 6) is 0.0166. The van der Waals surface area contributed by atoms with Crippen LogP contribution < -0.4 is 0 Å². The molecule has 4 rings (SSSR count). The largest absolute Gasteiger partial charge is 0.357 e. The highest BCUT2D eigenvalue weighted by Crippen LogP contribution is 2.31. The number of thiazole rings is 1. The number of H-pyrrole nitrogens is 1. The number of nitro groups is 1. The molecule has 1 N–H and O–H groups in total. The Balaban J connectivity index is 1.58. The van der Waals surface area contributed by atoms with Gasteiger partial charge in [-0.05, 0) is 18.9 Å².